The Hall–Kier alpha value is -0.160. The normalized spacial score (nSPS) is 48.0. The van der Waals surface area contributed by atoms with Gasteiger partial charge >= 0.3 is 0 Å². The van der Waals surface area contributed by atoms with Crippen molar-refractivity contribution in [1.82, 2.24) is 0 Å². The Morgan fingerprint density at radius 2 is 2.00 bits per heavy atom. The van der Waals surface area contributed by atoms with Crippen LogP contribution in [0.15, 0.2) is 0 Å². The molecular formula is C6H13NO3. The van der Waals surface area contributed by atoms with Gasteiger partial charge in [-0.05, 0) is 6.92 Å². The van der Waals surface area contributed by atoms with Crippen LogP contribution in [0.25, 0.3) is 0 Å². The van der Waals surface area contributed by atoms with Crippen LogP contribution in [-0.4, -0.2) is 41.2 Å². The van der Waals surface area contributed by atoms with Crippen LogP contribution < -0.4 is 5.73 Å². The molecule has 4 atom stereocenters. The molecule has 4 N–H and O–H groups in total. The van der Waals surface area contributed by atoms with Gasteiger partial charge in [-0.15, -0.1) is 0 Å². The highest BCUT2D eigenvalue weighted by molar-refractivity contribution is 4.88. The quantitative estimate of drug-likeness (QED) is 0.420. The molecule has 0 radical (unpaired) electrons. The van der Waals surface area contributed by atoms with Crippen molar-refractivity contribution >= 4 is 0 Å². The maximum Gasteiger partial charge on any atom is 0.110 e. The number of nitrogens with two attached hydrogens (primary N) is 1. The minimum atomic E-state index is -0.819. The topological polar surface area (TPSA) is 75.7 Å². The van der Waals surface area contributed by atoms with E-state index in [0.717, 1.165) is 0 Å². The Labute approximate surface area is 59.6 Å². The third-order valence-electron chi connectivity index (χ3n) is 1.83. The average molecular weight is 147 g/mol. The molecule has 4 nitrogen and oxygen atoms in total. The lowest BCUT2D eigenvalue weighted by Gasteiger charge is -2.10. The molecule has 60 valence electrons. The summed E-state index contributed by atoms with van der Waals surface area (Å²) in [4.78, 5) is 0. The number of hydrogen-bond acceptors (Lipinski definition) is 4. The van der Waals surface area contributed by atoms with Crippen LogP contribution in [0.2, 0.25) is 0 Å². The van der Waals surface area contributed by atoms with E-state index in [0.29, 0.717) is 0 Å². The van der Waals surface area contributed by atoms with E-state index < -0.39 is 18.3 Å². The van der Waals surface area contributed by atoms with Gasteiger partial charge in [-0.3, -0.25) is 0 Å². The summed E-state index contributed by atoms with van der Waals surface area (Å²) < 4.78 is 5.11. The van der Waals surface area contributed by atoms with Crippen LogP contribution in [0, 0.1) is 0 Å². The number of rotatable bonds is 1. The van der Waals surface area contributed by atoms with Crippen molar-refractivity contribution in [2.45, 2.75) is 31.3 Å². The molecular weight excluding hydrogens is 134 g/mol. The minimum absolute atomic E-state index is 0.253. The predicted octanol–water partition coefficient (Wildman–Crippen LogP) is -1.55. The summed E-state index contributed by atoms with van der Waals surface area (Å²) in [6.07, 6.45) is -2.30. The molecule has 0 spiro atoms. The molecule has 1 aliphatic heterocycles. The average Bonchev–Trinajstić information content (AvgIpc) is 2.17. The van der Waals surface area contributed by atoms with E-state index in [1.54, 1.807) is 6.92 Å². The van der Waals surface area contributed by atoms with Crippen molar-refractivity contribution in [3.63, 3.8) is 0 Å². The SMILES string of the molecule is C[C@@H]1O[C@@H](CN)[C@H](O)[C@H]1O. The fourth-order valence-electron chi connectivity index (χ4n) is 1.13. The Balaban J connectivity index is 2.53. The first kappa shape index (κ1) is 7.94. The first-order chi connectivity index (χ1) is 4.66. The van der Waals surface area contributed by atoms with E-state index in [1.165, 1.54) is 0 Å². The van der Waals surface area contributed by atoms with E-state index in [1.807, 2.05) is 0 Å². The second-order valence-corrected chi connectivity index (χ2v) is 2.60. The molecule has 0 aromatic carbocycles. The molecule has 0 unspecified atom stereocenters. The second-order valence-electron chi connectivity index (χ2n) is 2.60. The lowest BCUT2D eigenvalue weighted by atomic mass is 10.1. The zero-order chi connectivity index (χ0) is 7.72. The smallest absolute Gasteiger partial charge is 0.110 e. The summed E-state index contributed by atoms with van der Waals surface area (Å²) in [5.41, 5.74) is 5.25. The van der Waals surface area contributed by atoms with Gasteiger partial charge in [-0.25, -0.2) is 0 Å². The van der Waals surface area contributed by atoms with Gasteiger partial charge < -0.3 is 20.7 Å². The maximum atomic E-state index is 9.17. The van der Waals surface area contributed by atoms with Crippen LogP contribution in [0.3, 0.4) is 0 Å². The van der Waals surface area contributed by atoms with Gasteiger partial charge in [-0.2, -0.15) is 0 Å². The molecule has 1 heterocycles. The van der Waals surface area contributed by atoms with Crippen molar-refractivity contribution in [3.05, 3.63) is 0 Å². The molecule has 1 rings (SSSR count). The van der Waals surface area contributed by atoms with Crippen LogP contribution in [-0.2, 0) is 4.74 Å². The highest BCUT2D eigenvalue weighted by Crippen LogP contribution is 2.19. The molecule has 1 aliphatic rings. The summed E-state index contributed by atoms with van der Waals surface area (Å²) in [5, 5.41) is 18.3. The Bertz CT molecular complexity index is 120. The fraction of sp³-hybridized carbons (Fsp3) is 1.00. The van der Waals surface area contributed by atoms with E-state index in [9.17, 15) is 5.11 Å². The second kappa shape index (κ2) is 2.84. The summed E-state index contributed by atoms with van der Waals surface area (Å²) in [6, 6.07) is 0. The molecule has 10 heavy (non-hydrogen) atoms. The lowest BCUT2D eigenvalue weighted by Crippen LogP contribution is -2.35. The number of ether oxygens (including phenoxy) is 1. The highest BCUT2D eigenvalue weighted by atomic mass is 16.5. The Morgan fingerprint density at radius 1 is 1.40 bits per heavy atom. The number of aliphatic hydroxyl groups is 2. The zero-order valence-corrected chi connectivity index (χ0v) is 5.90. The van der Waals surface area contributed by atoms with Gasteiger partial charge in [0.05, 0.1) is 12.2 Å². The van der Waals surface area contributed by atoms with E-state index in [2.05, 4.69) is 0 Å². The lowest BCUT2D eigenvalue weighted by molar-refractivity contribution is 0.0223. The van der Waals surface area contributed by atoms with Crippen molar-refractivity contribution in [2.24, 2.45) is 5.73 Å². The Kier molecular flexibility index (Phi) is 2.25. The van der Waals surface area contributed by atoms with Crippen molar-refractivity contribution in [1.29, 1.82) is 0 Å². The summed E-state index contributed by atoms with van der Waals surface area (Å²) >= 11 is 0. The zero-order valence-electron chi connectivity index (χ0n) is 5.90. The van der Waals surface area contributed by atoms with Crippen LogP contribution >= 0.6 is 0 Å². The van der Waals surface area contributed by atoms with E-state index in [4.69, 9.17) is 15.6 Å². The summed E-state index contributed by atoms with van der Waals surface area (Å²) in [7, 11) is 0. The molecule has 0 amide bonds. The van der Waals surface area contributed by atoms with E-state index in [-0.39, 0.29) is 12.6 Å². The van der Waals surface area contributed by atoms with Gasteiger partial charge in [0.25, 0.3) is 0 Å². The van der Waals surface area contributed by atoms with Gasteiger partial charge in [-0.1, -0.05) is 0 Å². The summed E-state index contributed by atoms with van der Waals surface area (Å²) in [6.45, 7) is 1.96. The number of hydrogen-bond donors (Lipinski definition) is 3. The summed E-state index contributed by atoms with van der Waals surface area (Å²) in [5.74, 6) is 0. The van der Waals surface area contributed by atoms with Gasteiger partial charge in [0.15, 0.2) is 0 Å². The van der Waals surface area contributed by atoms with Crippen LogP contribution in [0.5, 0.6) is 0 Å². The van der Waals surface area contributed by atoms with Gasteiger partial charge in [0, 0.05) is 6.54 Å². The monoisotopic (exact) mass is 147 g/mol. The highest BCUT2D eigenvalue weighted by Gasteiger charge is 2.38. The van der Waals surface area contributed by atoms with E-state index >= 15 is 0 Å². The third-order valence-corrected chi connectivity index (χ3v) is 1.83. The van der Waals surface area contributed by atoms with Crippen molar-refractivity contribution in [3.8, 4) is 0 Å². The number of aliphatic hydroxyl groups excluding tert-OH is 2. The standard InChI is InChI=1S/C6H13NO3/c1-3-5(8)6(9)4(2-7)10-3/h3-6,8-9H,2,7H2,1H3/t3-,4-,5-,6-/m0/s1. The van der Waals surface area contributed by atoms with Crippen LogP contribution in [0.4, 0.5) is 0 Å². The van der Waals surface area contributed by atoms with Crippen molar-refractivity contribution in [2.75, 3.05) is 6.54 Å². The first-order valence-corrected chi connectivity index (χ1v) is 3.38. The molecule has 1 saturated heterocycles. The third kappa shape index (κ3) is 1.15. The molecule has 4 heteroatoms. The van der Waals surface area contributed by atoms with Crippen LogP contribution in [0.1, 0.15) is 6.92 Å². The Morgan fingerprint density at radius 3 is 2.20 bits per heavy atom. The molecule has 0 aliphatic carbocycles. The fourth-order valence-corrected chi connectivity index (χ4v) is 1.13. The molecule has 0 saturated carbocycles. The molecule has 0 aromatic heterocycles. The molecule has 0 bridgehead atoms. The minimum Gasteiger partial charge on any atom is -0.388 e. The first-order valence-electron chi connectivity index (χ1n) is 3.38. The largest absolute Gasteiger partial charge is 0.388 e. The van der Waals surface area contributed by atoms with Gasteiger partial charge in [0.1, 0.15) is 12.2 Å². The predicted molar refractivity (Wildman–Crippen MR) is 35.4 cm³/mol. The molecule has 0 aromatic rings. The van der Waals surface area contributed by atoms with Gasteiger partial charge in [0.2, 0.25) is 0 Å². The van der Waals surface area contributed by atoms with Crippen molar-refractivity contribution < 1.29 is 14.9 Å². The molecule has 1 fully saturated rings. The maximum absolute atomic E-state index is 9.17.